The van der Waals surface area contributed by atoms with Gasteiger partial charge in [-0.15, -0.1) is 0 Å². The van der Waals surface area contributed by atoms with Crippen molar-refractivity contribution in [3.05, 3.63) is 0 Å². The number of hydrogen-bond acceptors (Lipinski definition) is 3. The maximum atomic E-state index is 12.0. The fourth-order valence-electron chi connectivity index (χ4n) is 2.66. The van der Waals surface area contributed by atoms with Crippen molar-refractivity contribution in [2.24, 2.45) is 5.92 Å². The van der Waals surface area contributed by atoms with Crippen molar-refractivity contribution in [3.63, 3.8) is 0 Å². The minimum atomic E-state index is -0.741. The van der Waals surface area contributed by atoms with Gasteiger partial charge in [0.1, 0.15) is 0 Å². The van der Waals surface area contributed by atoms with E-state index in [1.54, 1.807) is 0 Å². The van der Waals surface area contributed by atoms with Crippen molar-refractivity contribution in [1.82, 2.24) is 10.6 Å². The number of nitrogens with one attached hydrogen (secondary N) is 2. The molecule has 1 fully saturated rings. The third-order valence-electron chi connectivity index (χ3n) is 4.07. The van der Waals surface area contributed by atoms with Gasteiger partial charge in [-0.05, 0) is 38.1 Å². The van der Waals surface area contributed by atoms with Crippen molar-refractivity contribution in [1.29, 1.82) is 0 Å². The average Bonchev–Trinajstić information content (AvgIpc) is 2.71. The number of hydrogen-bond donors (Lipinski definition) is 3. The normalized spacial score (nSPS) is 20.9. The van der Waals surface area contributed by atoms with Crippen molar-refractivity contribution >= 4 is 11.9 Å². The van der Waals surface area contributed by atoms with E-state index in [0.29, 0.717) is 18.9 Å². The zero-order valence-corrected chi connectivity index (χ0v) is 12.5. The van der Waals surface area contributed by atoms with Crippen LogP contribution in [0.1, 0.15) is 58.3 Å². The van der Waals surface area contributed by atoms with Gasteiger partial charge in [0.2, 0.25) is 5.91 Å². The quantitative estimate of drug-likeness (QED) is 0.636. The van der Waals surface area contributed by atoms with Crippen LogP contribution in [0.3, 0.4) is 0 Å². The van der Waals surface area contributed by atoms with Crippen molar-refractivity contribution in [2.75, 3.05) is 13.1 Å². The molecule has 1 rings (SSSR count). The molecule has 0 radical (unpaired) electrons. The first-order valence-corrected chi connectivity index (χ1v) is 7.86. The minimum Gasteiger partial charge on any atom is -0.481 e. The number of carboxylic acids is 1. The summed E-state index contributed by atoms with van der Waals surface area (Å²) >= 11 is 0. The topological polar surface area (TPSA) is 78.4 Å². The van der Waals surface area contributed by atoms with E-state index in [9.17, 15) is 9.59 Å². The summed E-state index contributed by atoms with van der Waals surface area (Å²) in [5.41, 5.74) is 0. The van der Waals surface area contributed by atoms with Gasteiger partial charge in [0, 0.05) is 13.0 Å². The van der Waals surface area contributed by atoms with E-state index >= 15 is 0 Å². The van der Waals surface area contributed by atoms with Crippen LogP contribution in [0, 0.1) is 5.92 Å². The second-order valence-electron chi connectivity index (χ2n) is 5.64. The molecular weight excluding hydrogens is 256 g/mol. The molecule has 0 aromatic carbocycles. The van der Waals surface area contributed by atoms with Gasteiger partial charge in [0.05, 0.1) is 6.04 Å². The zero-order chi connectivity index (χ0) is 14.8. The maximum absolute atomic E-state index is 12.0. The van der Waals surface area contributed by atoms with Crippen LogP contribution in [0.15, 0.2) is 0 Å². The first kappa shape index (κ1) is 17.0. The molecule has 1 saturated heterocycles. The van der Waals surface area contributed by atoms with E-state index in [2.05, 4.69) is 17.6 Å². The molecule has 0 aromatic rings. The number of rotatable bonds is 8. The SMILES string of the molecule is CCC(CCNC(=O)C1CCCCCN1)CCC(=O)O. The molecule has 2 atom stereocenters. The summed E-state index contributed by atoms with van der Waals surface area (Å²) in [4.78, 5) is 22.6. The molecule has 0 bridgehead atoms. The molecule has 0 saturated carbocycles. The molecule has 1 heterocycles. The van der Waals surface area contributed by atoms with Crippen LogP contribution >= 0.6 is 0 Å². The highest BCUT2D eigenvalue weighted by Gasteiger charge is 2.19. The summed E-state index contributed by atoms with van der Waals surface area (Å²) in [5.74, 6) is -0.261. The predicted molar refractivity (Wildman–Crippen MR) is 78.5 cm³/mol. The Morgan fingerprint density at radius 1 is 1.30 bits per heavy atom. The molecular formula is C15H28N2O3. The molecule has 1 aliphatic heterocycles. The smallest absolute Gasteiger partial charge is 0.303 e. The third-order valence-corrected chi connectivity index (χ3v) is 4.07. The number of amides is 1. The highest BCUT2D eigenvalue weighted by atomic mass is 16.4. The Bertz CT molecular complexity index is 299. The lowest BCUT2D eigenvalue weighted by Crippen LogP contribution is -2.44. The molecule has 2 unspecified atom stereocenters. The Kier molecular flexibility index (Phi) is 8.26. The maximum Gasteiger partial charge on any atom is 0.303 e. The molecule has 1 aliphatic rings. The van der Waals surface area contributed by atoms with E-state index in [-0.39, 0.29) is 18.4 Å². The lowest BCUT2D eigenvalue weighted by molar-refractivity contribution is -0.137. The van der Waals surface area contributed by atoms with Crippen LogP contribution in [0.4, 0.5) is 0 Å². The Labute approximate surface area is 121 Å². The minimum absolute atomic E-state index is 0.0448. The van der Waals surface area contributed by atoms with Gasteiger partial charge in [0.15, 0.2) is 0 Å². The Morgan fingerprint density at radius 2 is 2.10 bits per heavy atom. The van der Waals surface area contributed by atoms with Gasteiger partial charge in [-0.1, -0.05) is 26.2 Å². The first-order valence-electron chi connectivity index (χ1n) is 7.86. The zero-order valence-electron chi connectivity index (χ0n) is 12.5. The molecule has 0 spiro atoms. The van der Waals surface area contributed by atoms with E-state index in [0.717, 1.165) is 38.6 Å². The second kappa shape index (κ2) is 9.75. The molecule has 1 amide bonds. The van der Waals surface area contributed by atoms with Crippen LogP contribution in [0.25, 0.3) is 0 Å². The summed E-state index contributed by atoms with van der Waals surface area (Å²) in [6, 6.07) is -0.0448. The molecule has 5 nitrogen and oxygen atoms in total. The number of carbonyl (C=O) groups excluding carboxylic acids is 1. The third kappa shape index (κ3) is 6.89. The molecule has 0 aromatic heterocycles. The summed E-state index contributed by atoms with van der Waals surface area (Å²) in [5, 5.41) is 15.0. The molecule has 0 aliphatic carbocycles. The van der Waals surface area contributed by atoms with E-state index < -0.39 is 5.97 Å². The van der Waals surface area contributed by atoms with E-state index in [4.69, 9.17) is 5.11 Å². The largest absolute Gasteiger partial charge is 0.481 e. The number of carboxylic acid groups (broad SMARTS) is 1. The number of carbonyl (C=O) groups is 2. The van der Waals surface area contributed by atoms with Crippen LogP contribution in [0.2, 0.25) is 0 Å². The van der Waals surface area contributed by atoms with Gasteiger partial charge in [-0.3, -0.25) is 9.59 Å². The van der Waals surface area contributed by atoms with Gasteiger partial charge < -0.3 is 15.7 Å². The van der Waals surface area contributed by atoms with Gasteiger partial charge in [-0.2, -0.15) is 0 Å². The van der Waals surface area contributed by atoms with Gasteiger partial charge >= 0.3 is 5.97 Å². The van der Waals surface area contributed by atoms with Crippen LogP contribution < -0.4 is 10.6 Å². The standard InChI is InChI=1S/C15H28N2O3/c1-2-12(7-8-14(18)19)9-11-17-15(20)13-6-4-3-5-10-16-13/h12-13,16H,2-11H2,1H3,(H,17,20)(H,18,19). The molecule has 20 heavy (non-hydrogen) atoms. The molecule has 5 heteroatoms. The van der Waals surface area contributed by atoms with Crippen molar-refractivity contribution in [3.8, 4) is 0 Å². The lowest BCUT2D eigenvalue weighted by atomic mass is 9.96. The highest BCUT2D eigenvalue weighted by molar-refractivity contribution is 5.81. The summed E-state index contributed by atoms with van der Waals surface area (Å²) in [6.07, 6.45) is 7.12. The predicted octanol–water partition coefficient (Wildman–Crippen LogP) is 1.92. The Morgan fingerprint density at radius 3 is 2.80 bits per heavy atom. The first-order chi connectivity index (χ1) is 9.63. The monoisotopic (exact) mass is 284 g/mol. The average molecular weight is 284 g/mol. The highest BCUT2D eigenvalue weighted by Crippen LogP contribution is 2.15. The van der Waals surface area contributed by atoms with Gasteiger partial charge in [-0.25, -0.2) is 0 Å². The van der Waals surface area contributed by atoms with E-state index in [1.165, 1.54) is 6.42 Å². The fourth-order valence-corrected chi connectivity index (χ4v) is 2.66. The summed E-state index contributed by atoms with van der Waals surface area (Å²) < 4.78 is 0. The van der Waals surface area contributed by atoms with Gasteiger partial charge in [0.25, 0.3) is 0 Å². The summed E-state index contributed by atoms with van der Waals surface area (Å²) in [6.45, 7) is 3.64. The second-order valence-corrected chi connectivity index (χ2v) is 5.64. The lowest BCUT2D eigenvalue weighted by Gasteiger charge is -2.18. The van der Waals surface area contributed by atoms with Crippen molar-refractivity contribution < 1.29 is 14.7 Å². The van der Waals surface area contributed by atoms with Crippen LogP contribution in [-0.2, 0) is 9.59 Å². The molecule has 116 valence electrons. The summed E-state index contributed by atoms with van der Waals surface area (Å²) in [7, 11) is 0. The van der Waals surface area contributed by atoms with E-state index in [1.807, 2.05) is 0 Å². The Balaban J connectivity index is 2.20. The van der Waals surface area contributed by atoms with Crippen LogP contribution in [-0.4, -0.2) is 36.1 Å². The van der Waals surface area contributed by atoms with Crippen molar-refractivity contribution in [2.45, 2.75) is 64.3 Å². The molecule has 3 N–H and O–H groups in total. The van der Waals surface area contributed by atoms with Crippen LogP contribution in [0.5, 0.6) is 0 Å². The fraction of sp³-hybridized carbons (Fsp3) is 0.867. The number of aliphatic carboxylic acids is 1. The Hall–Kier alpha value is -1.10.